The lowest BCUT2D eigenvalue weighted by Gasteiger charge is -2.34. The predicted molar refractivity (Wildman–Crippen MR) is 108 cm³/mol. The van der Waals surface area contributed by atoms with E-state index in [1.165, 1.54) is 10.6 Å². The minimum absolute atomic E-state index is 0.0513. The van der Waals surface area contributed by atoms with E-state index in [-0.39, 0.29) is 5.91 Å². The largest absolute Gasteiger partial charge is 0.494 e. The van der Waals surface area contributed by atoms with Crippen LogP contribution in [0.1, 0.15) is 25.8 Å². The molecule has 0 saturated carbocycles. The van der Waals surface area contributed by atoms with Crippen LogP contribution >= 0.6 is 11.8 Å². The third-order valence-electron chi connectivity index (χ3n) is 4.44. The molecular formula is C21H26N2O2S. The fraction of sp³-hybridized carbons (Fsp3) is 0.381. The second-order valence-corrected chi connectivity index (χ2v) is 7.69. The van der Waals surface area contributed by atoms with Gasteiger partial charge in [-0.2, -0.15) is 0 Å². The number of amides is 1. The molecule has 0 spiro atoms. The molecule has 0 radical (unpaired) electrons. The fourth-order valence-electron chi connectivity index (χ4n) is 3.04. The van der Waals surface area contributed by atoms with E-state index >= 15 is 0 Å². The average Bonchev–Trinajstić information content (AvgIpc) is 2.67. The van der Waals surface area contributed by atoms with E-state index in [1.807, 2.05) is 49.0 Å². The third kappa shape index (κ3) is 4.73. The van der Waals surface area contributed by atoms with Crippen molar-refractivity contribution < 1.29 is 9.53 Å². The summed E-state index contributed by atoms with van der Waals surface area (Å²) in [6, 6.07) is 16.2. The molecule has 1 N–H and O–H groups in total. The number of thioether (sulfide) groups is 1. The molecule has 26 heavy (non-hydrogen) atoms. The topological polar surface area (TPSA) is 41.6 Å². The summed E-state index contributed by atoms with van der Waals surface area (Å²) >= 11 is 1.92. The summed E-state index contributed by atoms with van der Waals surface area (Å²) in [5, 5.41) is 3.56. The van der Waals surface area contributed by atoms with Gasteiger partial charge in [0.25, 0.3) is 0 Å². The number of ether oxygens (including phenoxy) is 1. The Balaban J connectivity index is 1.57. The molecule has 138 valence electrons. The summed E-state index contributed by atoms with van der Waals surface area (Å²) < 4.78 is 5.44. The van der Waals surface area contributed by atoms with Crippen LogP contribution in [0.2, 0.25) is 0 Å². The molecule has 0 fully saturated rings. The molecule has 1 heterocycles. The molecule has 2 aromatic carbocycles. The van der Waals surface area contributed by atoms with Crippen LogP contribution in [0, 0.1) is 0 Å². The van der Waals surface area contributed by atoms with Crippen LogP contribution in [0.4, 0.5) is 5.69 Å². The van der Waals surface area contributed by atoms with Crippen LogP contribution < -0.4 is 15.0 Å². The Kier molecular flexibility index (Phi) is 6.45. The molecule has 1 aliphatic heterocycles. The predicted octanol–water partition coefficient (Wildman–Crippen LogP) is 4.09. The minimum atomic E-state index is 0.0513. The highest BCUT2D eigenvalue weighted by atomic mass is 32.2. The Morgan fingerprint density at radius 3 is 2.69 bits per heavy atom. The Morgan fingerprint density at radius 1 is 1.19 bits per heavy atom. The molecule has 0 saturated heterocycles. The standard InChI is InChI=1S/C21H26N2O2S/c1-3-18-14-23(19-7-5-6-8-20(19)26-18)15-21(24)22-13-16-9-11-17(12-10-16)25-4-2/h5-12,18H,3-4,13-15H2,1-2H3,(H,22,24)/t18-/m0/s1. The van der Waals surface area contributed by atoms with Crippen molar-refractivity contribution in [2.75, 3.05) is 24.6 Å². The highest BCUT2D eigenvalue weighted by Crippen LogP contribution is 2.39. The van der Waals surface area contributed by atoms with Crippen molar-refractivity contribution in [3.63, 3.8) is 0 Å². The Hall–Kier alpha value is -2.14. The highest BCUT2D eigenvalue weighted by Gasteiger charge is 2.25. The smallest absolute Gasteiger partial charge is 0.239 e. The Morgan fingerprint density at radius 2 is 1.96 bits per heavy atom. The number of para-hydroxylation sites is 1. The molecule has 1 amide bonds. The maximum Gasteiger partial charge on any atom is 0.239 e. The van der Waals surface area contributed by atoms with Gasteiger partial charge in [0.2, 0.25) is 5.91 Å². The summed E-state index contributed by atoms with van der Waals surface area (Å²) in [5.74, 6) is 0.908. The van der Waals surface area contributed by atoms with E-state index in [0.29, 0.717) is 24.9 Å². The van der Waals surface area contributed by atoms with Crippen molar-refractivity contribution in [1.29, 1.82) is 0 Å². The number of carbonyl (C=O) groups is 1. The number of hydrogen-bond donors (Lipinski definition) is 1. The van der Waals surface area contributed by atoms with Crippen LogP contribution in [0.25, 0.3) is 0 Å². The van der Waals surface area contributed by atoms with Gasteiger partial charge in [-0.3, -0.25) is 4.79 Å². The normalized spacial score (nSPS) is 16.1. The molecule has 0 bridgehead atoms. The number of hydrogen-bond acceptors (Lipinski definition) is 4. The van der Waals surface area contributed by atoms with E-state index in [4.69, 9.17) is 4.74 Å². The summed E-state index contributed by atoms with van der Waals surface area (Å²) in [6.07, 6.45) is 1.10. The number of benzene rings is 2. The van der Waals surface area contributed by atoms with Gasteiger partial charge < -0.3 is 15.0 Å². The molecule has 3 rings (SSSR count). The van der Waals surface area contributed by atoms with Crippen molar-refractivity contribution in [3.8, 4) is 5.75 Å². The number of rotatable bonds is 7. The zero-order chi connectivity index (χ0) is 18.4. The quantitative estimate of drug-likeness (QED) is 0.797. The first-order chi connectivity index (χ1) is 12.7. The molecule has 4 nitrogen and oxygen atoms in total. The van der Waals surface area contributed by atoms with Crippen LogP contribution in [-0.4, -0.2) is 30.9 Å². The first-order valence-corrected chi connectivity index (χ1v) is 10.1. The lowest BCUT2D eigenvalue weighted by molar-refractivity contribution is -0.119. The summed E-state index contributed by atoms with van der Waals surface area (Å²) in [4.78, 5) is 15.9. The van der Waals surface area contributed by atoms with Crippen molar-refractivity contribution in [1.82, 2.24) is 5.32 Å². The first-order valence-electron chi connectivity index (χ1n) is 9.18. The van der Waals surface area contributed by atoms with Gasteiger partial charge in [-0.1, -0.05) is 31.2 Å². The molecule has 0 aromatic heterocycles. The van der Waals surface area contributed by atoms with E-state index < -0.39 is 0 Å². The van der Waals surface area contributed by atoms with Gasteiger partial charge in [-0.15, -0.1) is 11.8 Å². The zero-order valence-corrected chi connectivity index (χ0v) is 16.2. The van der Waals surface area contributed by atoms with E-state index in [0.717, 1.165) is 24.3 Å². The maximum absolute atomic E-state index is 12.5. The van der Waals surface area contributed by atoms with Gasteiger partial charge in [-0.25, -0.2) is 0 Å². The summed E-state index contributed by atoms with van der Waals surface area (Å²) in [6.45, 7) is 6.67. The van der Waals surface area contributed by atoms with Crippen molar-refractivity contribution in [2.45, 2.75) is 37.0 Å². The summed E-state index contributed by atoms with van der Waals surface area (Å²) in [5.41, 5.74) is 2.24. The zero-order valence-electron chi connectivity index (χ0n) is 15.4. The van der Waals surface area contributed by atoms with E-state index in [1.54, 1.807) is 0 Å². The SMILES string of the molecule is CCOc1ccc(CNC(=O)CN2C[C@H](CC)Sc3ccccc32)cc1. The van der Waals surface area contributed by atoms with E-state index in [2.05, 4.69) is 35.3 Å². The Labute approximate surface area is 159 Å². The van der Waals surface area contributed by atoms with Crippen molar-refractivity contribution in [3.05, 3.63) is 54.1 Å². The lowest BCUT2D eigenvalue weighted by Crippen LogP contribution is -2.42. The second-order valence-electron chi connectivity index (χ2n) is 6.35. The Bertz CT molecular complexity index is 733. The third-order valence-corrected chi connectivity index (χ3v) is 5.85. The van der Waals surface area contributed by atoms with Gasteiger partial charge in [0.1, 0.15) is 5.75 Å². The summed E-state index contributed by atoms with van der Waals surface area (Å²) in [7, 11) is 0. The number of nitrogens with zero attached hydrogens (tertiary/aromatic N) is 1. The van der Waals surface area contributed by atoms with Crippen LogP contribution in [-0.2, 0) is 11.3 Å². The number of fused-ring (bicyclic) bond motifs is 1. The molecular weight excluding hydrogens is 344 g/mol. The van der Waals surface area contributed by atoms with Gasteiger partial charge >= 0.3 is 0 Å². The molecule has 1 aliphatic rings. The lowest BCUT2D eigenvalue weighted by atomic mass is 10.2. The van der Waals surface area contributed by atoms with Gasteiger partial charge in [-0.05, 0) is 43.2 Å². The molecule has 0 unspecified atom stereocenters. The van der Waals surface area contributed by atoms with Gasteiger partial charge in [0.05, 0.1) is 18.8 Å². The number of carbonyl (C=O) groups excluding carboxylic acids is 1. The van der Waals surface area contributed by atoms with Crippen molar-refractivity contribution >= 4 is 23.4 Å². The fourth-order valence-corrected chi connectivity index (χ4v) is 4.30. The maximum atomic E-state index is 12.5. The van der Waals surface area contributed by atoms with Gasteiger partial charge in [0.15, 0.2) is 0 Å². The van der Waals surface area contributed by atoms with Crippen LogP contribution in [0.3, 0.4) is 0 Å². The monoisotopic (exact) mass is 370 g/mol. The van der Waals surface area contributed by atoms with E-state index in [9.17, 15) is 4.79 Å². The van der Waals surface area contributed by atoms with Crippen LogP contribution in [0.5, 0.6) is 5.75 Å². The van der Waals surface area contributed by atoms with Crippen LogP contribution in [0.15, 0.2) is 53.4 Å². The molecule has 5 heteroatoms. The average molecular weight is 371 g/mol. The minimum Gasteiger partial charge on any atom is -0.494 e. The molecule has 2 aromatic rings. The molecule has 0 aliphatic carbocycles. The first kappa shape index (κ1) is 18.6. The molecule has 1 atom stereocenters. The highest BCUT2D eigenvalue weighted by molar-refractivity contribution is 8.00. The van der Waals surface area contributed by atoms with Gasteiger partial charge in [0, 0.05) is 23.2 Å². The second kappa shape index (κ2) is 8.99. The number of nitrogens with one attached hydrogen (secondary N) is 1. The van der Waals surface area contributed by atoms with Crippen molar-refractivity contribution in [2.24, 2.45) is 0 Å². The number of anilines is 1.